The quantitative estimate of drug-likeness (QED) is 0.311. The number of H-pyrrole nitrogens is 2. The molecule has 0 aliphatic heterocycles. The SMILES string of the molecule is O=C(c1ccc(CNC2CCC(NC3CCC(F)(F)CC3)CC2)cc1)N(Cc1ncc[nH]1)Cc1ncc[nH]1. The molecule has 204 valence electrons. The maximum atomic E-state index is 13.4. The van der Waals surface area contributed by atoms with E-state index in [9.17, 15) is 13.6 Å². The molecule has 5 rings (SSSR count). The lowest BCUT2D eigenvalue weighted by molar-refractivity contribution is -0.0416. The first-order chi connectivity index (χ1) is 18.4. The maximum absolute atomic E-state index is 13.4. The molecule has 10 heteroatoms. The Morgan fingerprint density at radius 2 is 1.42 bits per heavy atom. The van der Waals surface area contributed by atoms with Crippen molar-refractivity contribution < 1.29 is 13.6 Å². The van der Waals surface area contributed by atoms with Crippen molar-refractivity contribution in [2.24, 2.45) is 0 Å². The van der Waals surface area contributed by atoms with E-state index in [-0.39, 0.29) is 24.8 Å². The van der Waals surface area contributed by atoms with Crippen LogP contribution < -0.4 is 10.6 Å². The third-order valence-corrected chi connectivity index (χ3v) is 7.79. The number of rotatable bonds is 10. The Kier molecular flexibility index (Phi) is 8.48. The van der Waals surface area contributed by atoms with E-state index in [1.165, 1.54) is 0 Å². The molecule has 1 aromatic carbocycles. The fourth-order valence-electron chi connectivity index (χ4n) is 5.54. The lowest BCUT2D eigenvalue weighted by atomic mass is 9.87. The van der Waals surface area contributed by atoms with Gasteiger partial charge in [-0.15, -0.1) is 0 Å². The number of hydrogen-bond acceptors (Lipinski definition) is 5. The third kappa shape index (κ3) is 7.26. The van der Waals surface area contributed by atoms with Crippen molar-refractivity contribution in [2.45, 2.75) is 95.0 Å². The first-order valence-electron chi connectivity index (χ1n) is 13.7. The number of hydrogen-bond donors (Lipinski definition) is 4. The largest absolute Gasteiger partial charge is 0.347 e. The second-order valence-electron chi connectivity index (χ2n) is 10.7. The number of carbonyl (C=O) groups excluding carboxylic acids is 1. The topological polar surface area (TPSA) is 102 Å². The van der Waals surface area contributed by atoms with Crippen LogP contribution in [0, 0.1) is 0 Å². The van der Waals surface area contributed by atoms with Crippen molar-refractivity contribution >= 4 is 5.91 Å². The molecule has 8 nitrogen and oxygen atoms in total. The van der Waals surface area contributed by atoms with Crippen LogP contribution in [-0.4, -0.2) is 54.8 Å². The Morgan fingerprint density at radius 3 is 1.97 bits per heavy atom. The van der Waals surface area contributed by atoms with Crippen molar-refractivity contribution in [3.05, 3.63) is 71.8 Å². The van der Waals surface area contributed by atoms with Gasteiger partial charge >= 0.3 is 0 Å². The summed E-state index contributed by atoms with van der Waals surface area (Å²) in [6.45, 7) is 1.47. The molecule has 0 saturated heterocycles. The van der Waals surface area contributed by atoms with Gasteiger partial charge in [-0.1, -0.05) is 12.1 Å². The second kappa shape index (κ2) is 12.2. The van der Waals surface area contributed by atoms with Gasteiger partial charge in [0, 0.05) is 67.9 Å². The molecule has 0 radical (unpaired) electrons. The van der Waals surface area contributed by atoms with E-state index in [2.05, 4.69) is 30.6 Å². The summed E-state index contributed by atoms with van der Waals surface area (Å²) in [6, 6.07) is 8.88. The summed E-state index contributed by atoms with van der Waals surface area (Å²) >= 11 is 0. The van der Waals surface area contributed by atoms with Crippen molar-refractivity contribution in [1.29, 1.82) is 0 Å². The van der Waals surface area contributed by atoms with Crippen LogP contribution in [0.1, 0.15) is 78.9 Å². The molecule has 2 aliphatic rings. The van der Waals surface area contributed by atoms with E-state index in [0.717, 1.165) is 49.4 Å². The lowest BCUT2D eigenvalue weighted by Gasteiger charge is -2.35. The average molecular weight is 526 g/mol. The zero-order valence-corrected chi connectivity index (χ0v) is 21.6. The molecule has 1 amide bonds. The first-order valence-corrected chi connectivity index (χ1v) is 13.7. The number of halogens is 2. The number of amides is 1. The van der Waals surface area contributed by atoms with Gasteiger partial charge in [0.25, 0.3) is 5.91 Å². The van der Waals surface area contributed by atoms with Gasteiger partial charge in [-0.2, -0.15) is 0 Å². The molecule has 2 fully saturated rings. The molecule has 0 spiro atoms. The lowest BCUT2D eigenvalue weighted by Crippen LogP contribution is -2.46. The van der Waals surface area contributed by atoms with Crippen LogP contribution >= 0.6 is 0 Å². The highest BCUT2D eigenvalue weighted by Crippen LogP contribution is 2.33. The van der Waals surface area contributed by atoms with Gasteiger partial charge in [0.2, 0.25) is 5.92 Å². The fourth-order valence-corrected chi connectivity index (χ4v) is 5.54. The minimum absolute atomic E-state index is 0.0119. The van der Waals surface area contributed by atoms with Crippen LogP contribution in [0.25, 0.3) is 0 Å². The number of aromatic nitrogens is 4. The number of aromatic amines is 2. The Bertz CT molecular complexity index is 1080. The molecule has 0 bridgehead atoms. The summed E-state index contributed by atoms with van der Waals surface area (Å²) in [5.74, 6) is -1.11. The Hall–Kier alpha value is -3.11. The third-order valence-electron chi connectivity index (χ3n) is 7.79. The van der Waals surface area contributed by atoms with Gasteiger partial charge in [0.05, 0.1) is 13.1 Å². The van der Waals surface area contributed by atoms with E-state index < -0.39 is 5.92 Å². The molecule has 0 atom stereocenters. The molecule has 2 aromatic heterocycles. The van der Waals surface area contributed by atoms with Gasteiger partial charge in [0.1, 0.15) is 11.6 Å². The number of carbonyl (C=O) groups is 1. The minimum Gasteiger partial charge on any atom is -0.347 e. The molecule has 0 unspecified atom stereocenters. The van der Waals surface area contributed by atoms with Crippen LogP contribution in [0.3, 0.4) is 0 Å². The van der Waals surface area contributed by atoms with Crippen molar-refractivity contribution in [1.82, 2.24) is 35.5 Å². The van der Waals surface area contributed by atoms with E-state index in [1.54, 1.807) is 29.7 Å². The fraction of sp³-hybridized carbons (Fsp3) is 0.536. The van der Waals surface area contributed by atoms with Crippen LogP contribution in [-0.2, 0) is 19.6 Å². The smallest absolute Gasteiger partial charge is 0.254 e. The maximum Gasteiger partial charge on any atom is 0.254 e. The highest BCUT2D eigenvalue weighted by atomic mass is 19.3. The van der Waals surface area contributed by atoms with Gasteiger partial charge in [-0.25, -0.2) is 18.7 Å². The predicted octanol–water partition coefficient (Wildman–Crippen LogP) is 4.54. The average Bonchev–Trinajstić information content (AvgIpc) is 3.64. The molecule has 2 saturated carbocycles. The van der Waals surface area contributed by atoms with Crippen LogP contribution in [0.4, 0.5) is 8.78 Å². The Balaban J connectivity index is 1.08. The molecule has 2 heterocycles. The summed E-state index contributed by atoms with van der Waals surface area (Å²) in [6.07, 6.45) is 12.3. The van der Waals surface area contributed by atoms with E-state index >= 15 is 0 Å². The van der Waals surface area contributed by atoms with Gasteiger partial charge in [0.15, 0.2) is 0 Å². The number of benzene rings is 1. The summed E-state index contributed by atoms with van der Waals surface area (Å²) in [5.41, 5.74) is 1.76. The molecular weight excluding hydrogens is 488 g/mol. The van der Waals surface area contributed by atoms with Crippen LogP contribution in [0.2, 0.25) is 0 Å². The standard InChI is InChI=1S/C28H37F2N7O/c29-28(30)11-9-24(10-12-28)36-23-7-5-22(6-8-23)35-17-20-1-3-21(4-2-20)27(38)37(18-25-31-13-14-32-25)19-26-33-15-16-34-26/h1-4,13-16,22-24,35-36H,5-12,17-19H2,(H,31,32)(H,33,34). The number of alkyl halides is 2. The van der Waals surface area contributed by atoms with E-state index in [0.29, 0.717) is 43.6 Å². The monoisotopic (exact) mass is 525 g/mol. The zero-order valence-electron chi connectivity index (χ0n) is 21.6. The number of imidazole rings is 2. The van der Waals surface area contributed by atoms with E-state index in [4.69, 9.17) is 0 Å². The highest BCUT2D eigenvalue weighted by molar-refractivity contribution is 5.94. The van der Waals surface area contributed by atoms with Crippen LogP contribution in [0.15, 0.2) is 49.1 Å². The summed E-state index contributed by atoms with van der Waals surface area (Å²) in [7, 11) is 0. The predicted molar refractivity (Wildman–Crippen MR) is 140 cm³/mol. The summed E-state index contributed by atoms with van der Waals surface area (Å²) in [5, 5.41) is 7.29. The molecular formula is C28H37F2N7O. The van der Waals surface area contributed by atoms with Gasteiger partial charge in [-0.3, -0.25) is 4.79 Å². The highest BCUT2D eigenvalue weighted by Gasteiger charge is 2.35. The van der Waals surface area contributed by atoms with Crippen molar-refractivity contribution in [2.75, 3.05) is 0 Å². The van der Waals surface area contributed by atoms with Crippen LogP contribution in [0.5, 0.6) is 0 Å². The molecule has 4 N–H and O–H groups in total. The normalized spacial score (nSPS) is 21.8. The summed E-state index contributed by atoms with van der Waals surface area (Å²) < 4.78 is 26.8. The second-order valence-corrected chi connectivity index (χ2v) is 10.7. The number of nitrogens with zero attached hydrogens (tertiary/aromatic N) is 3. The Morgan fingerprint density at radius 1 is 0.868 bits per heavy atom. The van der Waals surface area contributed by atoms with Gasteiger partial charge in [-0.05, 0) is 56.2 Å². The molecule has 3 aromatic rings. The molecule has 2 aliphatic carbocycles. The Labute approximate surface area is 222 Å². The zero-order chi connectivity index (χ0) is 26.4. The molecule has 38 heavy (non-hydrogen) atoms. The van der Waals surface area contributed by atoms with Crippen molar-refractivity contribution in [3.63, 3.8) is 0 Å². The first kappa shape index (κ1) is 26.5. The van der Waals surface area contributed by atoms with Crippen molar-refractivity contribution in [3.8, 4) is 0 Å². The summed E-state index contributed by atoms with van der Waals surface area (Å²) in [4.78, 5) is 29.7. The van der Waals surface area contributed by atoms with Gasteiger partial charge < -0.3 is 25.5 Å². The minimum atomic E-state index is -2.47. The van der Waals surface area contributed by atoms with E-state index in [1.807, 2.05) is 24.3 Å². The number of nitrogens with one attached hydrogen (secondary N) is 4.